The minimum Gasteiger partial charge on any atom is -0.371 e. The molecule has 37 heavy (non-hydrogen) atoms. The van der Waals surface area contributed by atoms with Crippen LogP contribution in [0.15, 0.2) is 103 Å². The van der Waals surface area contributed by atoms with Gasteiger partial charge in [-0.2, -0.15) is 5.10 Å². The summed E-state index contributed by atoms with van der Waals surface area (Å²) in [6.07, 6.45) is 12.9. The molecule has 0 spiro atoms. The zero-order valence-corrected chi connectivity index (χ0v) is 23.2. The Labute approximate surface area is 223 Å². The molecule has 196 valence electrons. The van der Waals surface area contributed by atoms with Crippen molar-refractivity contribution in [3.05, 3.63) is 109 Å². The summed E-state index contributed by atoms with van der Waals surface area (Å²) in [5, 5.41) is 4.72. The molecule has 0 aliphatic carbocycles. The van der Waals surface area contributed by atoms with E-state index in [1.165, 1.54) is 16.8 Å². The highest BCUT2D eigenvalue weighted by atomic mass is 16.1. The van der Waals surface area contributed by atoms with Crippen molar-refractivity contribution in [2.24, 2.45) is 0 Å². The van der Waals surface area contributed by atoms with Crippen molar-refractivity contribution >= 4 is 12.0 Å². The van der Waals surface area contributed by atoms with Gasteiger partial charge in [0.15, 0.2) is 0 Å². The minimum atomic E-state index is 0.819. The number of allylic oxidation sites excluding steroid dienone is 10. The van der Waals surface area contributed by atoms with E-state index in [-0.39, 0.29) is 0 Å². The minimum absolute atomic E-state index is 0.819. The molecule has 0 unspecified atom stereocenters. The highest BCUT2D eigenvalue weighted by molar-refractivity contribution is 5.69. The SMILES string of the molecule is C=C(C)/C(C)=C\C=C(/C)c1cc(-c2ccccc2)n(CC)n1.C=C/C=C\C=C(/C)N1CCN(C=O)CC1. The lowest BCUT2D eigenvalue weighted by atomic mass is 10.1. The van der Waals surface area contributed by atoms with Gasteiger partial charge in [-0.3, -0.25) is 9.48 Å². The van der Waals surface area contributed by atoms with Crippen LogP contribution >= 0.6 is 0 Å². The van der Waals surface area contributed by atoms with Crippen LogP contribution in [0.3, 0.4) is 0 Å². The second-order valence-corrected chi connectivity index (χ2v) is 9.13. The van der Waals surface area contributed by atoms with Gasteiger partial charge in [0, 0.05) is 38.4 Å². The molecule has 0 saturated carbocycles. The van der Waals surface area contributed by atoms with Crippen molar-refractivity contribution in [1.29, 1.82) is 0 Å². The van der Waals surface area contributed by atoms with E-state index in [0.29, 0.717) is 0 Å². The number of aryl methyl sites for hydroxylation is 1. The zero-order valence-electron chi connectivity index (χ0n) is 23.2. The third-order valence-corrected chi connectivity index (χ3v) is 6.36. The van der Waals surface area contributed by atoms with Crippen molar-refractivity contribution in [2.45, 2.75) is 41.2 Å². The van der Waals surface area contributed by atoms with Gasteiger partial charge in [-0.15, -0.1) is 0 Å². The first kappa shape index (κ1) is 29.4. The molecular formula is C32H42N4O. The van der Waals surface area contributed by atoms with Crippen LogP contribution in [0, 0.1) is 0 Å². The van der Waals surface area contributed by atoms with Crippen LogP contribution in [0.1, 0.15) is 40.3 Å². The van der Waals surface area contributed by atoms with Gasteiger partial charge in [-0.1, -0.05) is 79.4 Å². The molecule has 0 radical (unpaired) electrons. The van der Waals surface area contributed by atoms with Gasteiger partial charge in [0.05, 0.1) is 11.4 Å². The lowest BCUT2D eigenvalue weighted by Crippen LogP contribution is -2.44. The van der Waals surface area contributed by atoms with Crippen LogP contribution in [0.5, 0.6) is 0 Å². The number of aromatic nitrogens is 2. The molecule has 0 bridgehead atoms. The summed E-state index contributed by atoms with van der Waals surface area (Å²) in [5.41, 5.74) is 8.05. The smallest absolute Gasteiger partial charge is 0.209 e. The molecule has 0 atom stereocenters. The Balaban J connectivity index is 0.000000281. The fraction of sp³-hybridized carbons (Fsp3) is 0.312. The molecule has 1 aliphatic rings. The van der Waals surface area contributed by atoms with Crippen molar-refractivity contribution in [1.82, 2.24) is 19.6 Å². The van der Waals surface area contributed by atoms with E-state index < -0.39 is 0 Å². The van der Waals surface area contributed by atoms with E-state index in [1.54, 1.807) is 6.08 Å². The number of benzene rings is 1. The maximum Gasteiger partial charge on any atom is 0.209 e. The monoisotopic (exact) mass is 498 g/mol. The summed E-state index contributed by atoms with van der Waals surface area (Å²) in [6.45, 7) is 22.3. The topological polar surface area (TPSA) is 41.4 Å². The normalized spacial score (nSPS) is 14.9. The van der Waals surface area contributed by atoms with E-state index in [2.05, 4.69) is 99.0 Å². The average molecular weight is 499 g/mol. The predicted molar refractivity (Wildman–Crippen MR) is 158 cm³/mol. The van der Waals surface area contributed by atoms with Crippen LogP contribution in [0.2, 0.25) is 0 Å². The first-order valence-corrected chi connectivity index (χ1v) is 12.9. The molecule has 0 N–H and O–H groups in total. The quantitative estimate of drug-likeness (QED) is 0.279. The molecule has 5 nitrogen and oxygen atoms in total. The summed E-state index contributed by atoms with van der Waals surface area (Å²) in [4.78, 5) is 14.6. The molecule has 2 aromatic rings. The Morgan fingerprint density at radius 1 is 0.973 bits per heavy atom. The van der Waals surface area contributed by atoms with Crippen LogP contribution < -0.4 is 0 Å². The van der Waals surface area contributed by atoms with Crippen LogP contribution in [0.25, 0.3) is 16.8 Å². The van der Waals surface area contributed by atoms with Gasteiger partial charge in [-0.05, 0) is 63.5 Å². The highest BCUT2D eigenvalue weighted by Crippen LogP contribution is 2.24. The maximum atomic E-state index is 10.5. The first-order valence-electron chi connectivity index (χ1n) is 12.9. The fourth-order valence-electron chi connectivity index (χ4n) is 3.73. The van der Waals surface area contributed by atoms with Crippen molar-refractivity contribution < 1.29 is 4.79 Å². The molecule has 1 aromatic carbocycles. The lowest BCUT2D eigenvalue weighted by molar-refractivity contribution is -0.119. The van der Waals surface area contributed by atoms with Crippen LogP contribution in [-0.4, -0.2) is 52.2 Å². The van der Waals surface area contributed by atoms with Gasteiger partial charge in [0.1, 0.15) is 0 Å². The Morgan fingerprint density at radius 3 is 2.22 bits per heavy atom. The molecular weight excluding hydrogens is 456 g/mol. The molecule has 1 aromatic heterocycles. The van der Waals surface area contributed by atoms with E-state index in [0.717, 1.165) is 61.7 Å². The number of carbonyl (C=O) groups is 1. The van der Waals surface area contributed by atoms with E-state index in [1.807, 2.05) is 30.0 Å². The fourth-order valence-corrected chi connectivity index (χ4v) is 3.73. The highest BCUT2D eigenvalue weighted by Gasteiger charge is 2.14. The van der Waals surface area contributed by atoms with Gasteiger partial charge >= 0.3 is 0 Å². The van der Waals surface area contributed by atoms with E-state index in [4.69, 9.17) is 5.10 Å². The third-order valence-electron chi connectivity index (χ3n) is 6.36. The number of piperazine rings is 1. The first-order chi connectivity index (χ1) is 17.8. The Kier molecular flexibility index (Phi) is 12.1. The molecule has 2 heterocycles. The Morgan fingerprint density at radius 2 is 1.65 bits per heavy atom. The maximum absolute atomic E-state index is 10.5. The summed E-state index contributed by atoms with van der Waals surface area (Å²) in [6, 6.07) is 12.6. The number of amides is 1. The van der Waals surface area contributed by atoms with Gasteiger partial charge in [0.25, 0.3) is 0 Å². The van der Waals surface area contributed by atoms with Gasteiger partial charge in [0.2, 0.25) is 6.41 Å². The molecule has 5 heteroatoms. The van der Waals surface area contributed by atoms with Crippen molar-refractivity contribution in [2.75, 3.05) is 26.2 Å². The van der Waals surface area contributed by atoms with E-state index >= 15 is 0 Å². The van der Waals surface area contributed by atoms with Crippen molar-refractivity contribution in [3.8, 4) is 11.3 Å². The molecule has 1 fully saturated rings. The largest absolute Gasteiger partial charge is 0.371 e. The number of hydrogen-bond donors (Lipinski definition) is 0. The number of carbonyl (C=O) groups excluding carboxylic acids is 1. The summed E-state index contributed by atoms with van der Waals surface area (Å²) < 4.78 is 2.05. The summed E-state index contributed by atoms with van der Waals surface area (Å²) in [7, 11) is 0. The summed E-state index contributed by atoms with van der Waals surface area (Å²) >= 11 is 0. The van der Waals surface area contributed by atoms with Crippen molar-refractivity contribution in [3.63, 3.8) is 0 Å². The molecule has 1 amide bonds. The second kappa shape index (κ2) is 15.3. The van der Waals surface area contributed by atoms with Gasteiger partial charge < -0.3 is 9.80 Å². The number of hydrogen-bond acceptors (Lipinski definition) is 3. The van der Waals surface area contributed by atoms with E-state index in [9.17, 15) is 4.79 Å². The standard InChI is InChI=1S/C20H24N2.C12H18N2O/c1-6-22-20(18-10-8-7-9-11-18)14-19(21-22)17(5)13-12-16(4)15(2)3;1-3-4-5-6-12(2)14-9-7-13(11-15)8-10-14/h7-14H,2,6H2,1,3-5H3;3-6,11H,1,7-10H2,2H3/b16-12-,17-13+;5-4-,12-6+. The number of rotatable bonds is 9. The molecule has 3 rings (SSSR count). The average Bonchev–Trinajstić information content (AvgIpc) is 3.37. The van der Waals surface area contributed by atoms with Crippen LogP contribution in [-0.2, 0) is 11.3 Å². The van der Waals surface area contributed by atoms with Crippen LogP contribution in [0.4, 0.5) is 0 Å². The lowest BCUT2D eigenvalue weighted by Gasteiger charge is -2.34. The molecule has 1 aliphatic heterocycles. The number of nitrogens with zero attached hydrogens (tertiary/aromatic N) is 4. The Hall–Kier alpha value is -3.86. The zero-order chi connectivity index (χ0) is 27.2. The Bertz CT molecular complexity index is 1160. The summed E-state index contributed by atoms with van der Waals surface area (Å²) in [5.74, 6) is 0. The third kappa shape index (κ3) is 9.26. The predicted octanol–water partition coefficient (Wildman–Crippen LogP) is 6.90. The molecule has 1 saturated heterocycles. The van der Waals surface area contributed by atoms with Gasteiger partial charge in [-0.25, -0.2) is 0 Å². The second-order valence-electron chi connectivity index (χ2n) is 9.13.